The normalized spacial score (nSPS) is 44.5. The summed E-state index contributed by atoms with van der Waals surface area (Å²) in [6.07, 6.45) is 9.46. The summed E-state index contributed by atoms with van der Waals surface area (Å²) in [5.41, 5.74) is 6.39. The number of carboxylic acids is 1. The van der Waals surface area contributed by atoms with E-state index in [2.05, 4.69) is 92.3 Å². The molecule has 0 amide bonds. The Labute approximate surface area is 294 Å². The average Bonchev–Trinajstić information content (AvgIpc) is 3.41. The van der Waals surface area contributed by atoms with Crippen LogP contribution in [0.25, 0.3) is 0 Å². The van der Waals surface area contributed by atoms with Crippen molar-refractivity contribution >= 4 is 17.6 Å². The minimum atomic E-state index is -0.628. The fraction of sp³-hybridized carbons (Fsp3) is 0.872. The molecule has 5 aliphatic rings. The number of nitrogens with two attached hydrogens (primary N) is 1. The predicted molar refractivity (Wildman–Crippen MR) is 189 cm³/mol. The van der Waals surface area contributed by atoms with Crippen LogP contribution in [0.15, 0.2) is 18.0 Å². The first-order valence-electron chi connectivity index (χ1n) is 18.6. The molecule has 2 bridgehead atoms. The van der Waals surface area contributed by atoms with Crippen molar-refractivity contribution in [1.82, 2.24) is 14.8 Å². The molecule has 1 unspecified atom stereocenters. The maximum absolute atomic E-state index is 13.4. The van der Waals surface area contributed by atoms with E-state index in [1.165, 1.54) is 5.57 Å². The van der Waals surface area contributed by atoms with Gasteiger partial charge in [0.25, 0.3) is 0 Å². The molecule has 1 saturated heterocycles. The van der Waals surface area contributed by atoms with Gasteiger partial charge < -0.3 is 20.3 Å². The topological polar surface area (TPSA) is 112 Å². The fourth-order valence-electron chi connectivity index (χ4n) is 12.1. The first kappa shape index (κ1) is 36.3. The molecule has 48 heavy (non-hydrogen) atoms. The second kappa shape index (κ2) is 11.5. The molecule has 1 aromatic rings. The van der Waals surface area contributed by atoms with Crippen LogP contribution in [0.1, 0.15) is 121 Å². The Morgan fingerprint density at radius 3 is 2.40 bits per heavy atom. The van der Waals surface area contributed by atoms with Crippen molar-refractivity contribution in [3.8, 4) is 0 Å². The van der Waals surface area contributed by atoms with Gasteiger partial charge in [0.2, 0.25) is 5.28 Å². The van der Waals surface area contributed by atoms with Crippen LogP contribution < -0.4 is 5.73 Å². The Kier molecular flexibility index (Phi) is 8.71. The van der Waals surface area contributed by atoms with E-state index in [1.54, 1.807) is 6.33 Å². The van der Waals surface area contributed by atoms with Crippen LogP contribution in [-0.4, -0.2) is 57.3 Å². The number of fused-ring (bicyclic) bond motifs is 3. The molecule has 4 fully saturated rings. The largest absolute Gasteiger partial charge is 0.481 e. The maximum Gasteiger partial charge on any atom is 0.307 e. The van der Waals surface area contributed by atoms with E-state index in [9.17, 15) is 9.90 Å². The monoisotopic (exact) mass is 686 g/mol. The highest BCUT2D eigenvalue weighted by Gasteiger charge is 2.72. The van der Waals surface area contributed by atoms with Gasteiger partial charge >= 0.3 is 5.97 Å². The zero-order chi connectivity index (χ0) is 35.5. The van der Waals surface area contributed by atoms with Crippen molar-refractivity contribution in [1.29, 1.82) is 0 Å². The fourth-order valence-corrected chi connectivity index (χ4v) is 12.3. The van der Waals surface area contributed by atoms with Crippen LogP contribution in [0.4, 0.5) is 0 Å². The average molecular weight is 687 g/mol. The summed E-state index contributed by atoms with van der Waals surface area (Å²) in [6, 6.07) is -0.144. The number of hydrogen-bond donors (Lipinski definition) is 2. The Morgan fingerprint density at radius 2 is 1.81 bits per heavy atom. The number of aromatic nitrogens is 3. The molecule has 1 aromatic heterocycles. The third-order valence-electron chi connectivity index (χ3n) is 16.2. The molecule has 4 aliphatic carbocycles. The SMILES string of the molecule is CC(C)[C@@H](C)[C@@]1(C)CC[C@]2(C)[C@H]3CC[C@H]4C5(C)COC[C@@]4(C[C@@H](n4ncnc4Cl)[C@@H]5OC[C@](C)(N)C(C)(C)C)C3=CC[C@@]2(C)[C@@H]1C(=O)O. The highest BCUT2D eigenvalue weighted by molar-refractivity contribution is 6.28. The van der Waals surface area contributed by atoms with Crippen molar-refractivity contribution < 1.29 is 19.4 Å². The number of halogens is 1. The van der Waals surface area contributed by atoms with Crippen molar-refractivity contribution in [2.45, 2.75) is 132 Å². The summed E-state index contributed by atoms with van der Waals surface area (Å²) in [4.78, 5) is 17.8. The lowest BCUT2D eigenvalue weighted by atomic mass is 9.34. The van der Waals surface area contributed by atoms with E-state index in [0.29, 0.717) is 42.9 Å². The quantitative estimate of drug-likeness (QED) is 0.278. The molecule has 2 heterocycles. The molecule has 0 spiro atoms. The molecule has 3 saturated carbocycles. The summed E-state index contributed by atoms with van der Waals surface area (Å²) in [7, 11) is 0. The Hall–Kier alpha value is -1.48. The van der Waals surface area contributed by atoms with E-state index in [-0.39, 0.29) is 50.6 Å². The number of carboxylic acid groups (broad SMARTS) is 1. The third kappa shape index (κ3) is 4.87. The first-order valence-corrected chi connectivity index (χ1v) is 19.0. The number of ether oxygens (including phenoxy) is 2. The van der Waals surface area contributed by atoms with Gasteiger partial charge in [-0.1, -0.05) is 80.9 Å². The molecule has 9 heteroatoms. The predicted octanol–water partition coefficient (Wildman–Crippen LogP) is 8.21. The van der Waals surface area contributed by atoms with Gasteiger partial charge in [0.15, 0.2) is 0 Å². The van der Waals surface area contributed by atoms with Crippen molar-refractivity contribution in [2.75, 3.05) is 19.8 Å². The van der Waals surface area contributed by atoms with Crippen LogP contribution in [0.3, 0.4) is 0 Å². The van der Waals surface area contributed by atoms with Gasteiger partial charge in [-0.2, -0.15) is 5.10 Å². The highest BCUT2D eigenvalue weighted by Crippen LogP contribution is 2.75. The number of nitrogens with zero attached hydrogens (tertiary/aromatic N) is 3. The summed E-state index contributed by atoms with van der Waals surface area (Å²) < 4.78 is 15.6. The van der Waals surface area contributed by atoms with Gasteiger partial charge in [0.05, 0.1) is 37.9 Å². The van der Waals surface area contributed by atoms with E-state index >= 15 is 0 Å². The standard InChI is InChI=1S/C39H63ClN4O4/c1-23(2)24(3)34(7)16-17-36(9)25-12-13-28-35(8)19-47-21-39(28,26(25)14-15-37(36,10)29(34)31(45)46)18-27(44-32(40)42-22-43-44)30(35)48-20-38(11,41)33(4,5)6/h14,22-25,27-30H,12-13,15-21,41H2,1-11H3,(H,45,46)/t24-,25+,27-,28+,29-,30+,34-,35?,36-,37+,38+,39+/m1/s1. The van der Waals surface area contributed by atoms with Gasteiger partial charge in [0, 0.05) is 16.4 Å². The molecule has 1 aliphatic heterocycles. The molecule has 8 nitrogen and oxygen atoms in total. The lowest BCUT2D eigenvalue weighted by Crippen LogP contribution is -2.69. The zero-order valence-corrected chi connectivity index (χ0v) is 32.3. The maximum atomic E-state index is 13.4. The van der Waals surface area contributed by atoms with Gasteiger partial charge in [-0.05, 0) is 102 Å². The minimum absolute atomic E-state index is 0.144. The second-order valence-electron chi connectivity index (χ2n) is 19.5. The minimum Gasteiger partial charge on any atom is -0.481 e. The molecule has 12 atom stereocenters. The molecular weight excluding hydrogens is 624 g/mol. The van der Waals surface area contributed by atoms with Crippen LogP contribution in [0.2, 0.25) is 5.28 Å². The van der Waals surface area contributed by atoms with Crippen molar-refractivity contribution in [3.05, 3.63) is 23.3 Å². The third-order valence-corrected chi connectivity index (χ3v) is 16.5. The Balaban J connectivity index is 1.45. The summed E-state index contributed by atoms with van der Waals surface area (Å²) in [5.74, 6) is 0.324. The molecule has 3 N–H and O–H groups in total. The summed E-state index contributed by atoms with van der Waals surface area (Å²) >= 11 is 6.77. The van der Waals surface area contributed by atoms with E-state index < -0.39 is 17.4 Å². The second-order valence-corrected chi connectivity index (χ2v) is 19.8. The first-order chi connectivity index (χ1) is 22.1. The number of hydrogen-bond acceptors (Lipinski definition) is 6. The lowest BCUT2D eigenvalue weighted by Gasteiger charge is -2.71. The van der Waals surface area contributed by atoms with Crippen molar-refractivity contribution in [3.63, 3.8) is 0 Å². The number of aliphatic carboxylic acids is 1. The summed E-state index contributed by atoms with van der Waals surface area (Å²) in [6.45, 7) is 26.4. The summed E-state index contributed by atoms with van der Waals surface area (Å²) in [5, 5.41) is 16.1. The van der Waals surface area contributed by atoms with Crippen LogP contribution in [0, 0.1) is 62.1 Å². The Bertz CT molecular complexity index is 1450. The number of rotatable bonds is 7. The Morgan fingerprint density at radius 1 is 1.12 bits per heavy atom. The molecule has 0 aromatic carbocycles. The van der Waals surface area contributed by atoms with Crippen LogP contribution in [-0.2, 0) is 14.3 Å². The van der Waals surface area contributed by atoms with E-state index in [1.807, 2.05) is 4.68 Å². The highest BCUT2D eigenvalue weighted by atomic mass is 35.5. The molecule has 270 valence electrons. The van der Waals surface area contributed by atoms with Gasteiger partial charge in [-0.3, -0.25) is 4.79 Å². The van der Waals surface area contributed by atoms with E-state index in [0.717, 1.165) is 38.5 Å². The number of allylic oxidation sites excluding steroid dienone is 1. The smallest absolute Gasteiger partial charge is 0.307 e. The van der Waals surface area contributed by atoms with Crippen LogP contribution in [0.5, 0.6) is 0 Å². The van der Waals surface area contributed by atoms with Gasteiger partial charge in [0.1, 0.15) is 6.33 Å². The number of carbonyl (C=O) groups is 1. The lowest BCUT2D eigenvalue weighted by molar-refractivity contribution is -0.253. The van der Waals surface area contributed by atoms with Gasteiger partial charge in [-0.25, -0.2) is 9.67 Å². The van der Waals surface area contributed by atoms with E-state index in [4.69, 9.17) is 26.8 Å². The molecule has 6 rings (SSSR count). The van der Waals surface area contributed by atoms with Crippen molar-refractivity contribution in [2.24, 2.45) is 67.8 Å². The van der Waals surface area contributed by atoms with Gasteiger partial charge in [-0.15, -0.1) is 0 Å². The zero-order valence-electron chi connectivity index (χ0n) is 31.5. The van der Waals surface area contributed by atoms with Crippen LogP contribution >= 0.6 is 11.6 Å². The molecule has 0 radical (unpaired) electrons. The molecular formula is C39H63ClN4O4.